The Balaban J connectivity index is 2.75. The molecule has 1 rings (SSSR count). The Morgan fingerprint density at radius 3 is 2.20 bits per heavy atom. The molecule has 5 nitrogen and oxygen atoms in total. The highest BCUT2D eigenvalue weighted by molar-refractivity contribution is 5.96. The number of hydrogen-bond acceptors (Lipinski definition) is 3. The van der Waals surface area contributed by atoms with Crippen LogP contribution in [0.25, 0.3) is 0 Å². The third-order valence-electron chi connectivity index (χ3n) is 1.74. The number of amides is 1. The molecule has 0 saturated carbocycles. The predicted molar refractivity (Wildman–Crippen MR) is 51.8 cm³/mol. The van der Waals surface area contributed by atoms with Crippen molar-refractivity contribution in [3.8, 4) is 0 Å². The number of hydrogen-bond donors (Lipinski definition) is 2. The first-order valence-corrected chi connectivity index (χ1v) is 4.20. The minimum Gasteiger partial charge on any atom is -0.478 e. The van der Waals surface area contributed by atoms with Gasteiger partial charge >= 0.3 is 5.97 Å². The van der Waals surface area contributed by atoms with Gasteiger partial charge in [0.05, 0.1) is 12.1 Å². The van der Waals surface area contributed by atoms with E-state index in [4.69, 9.17) is 5.11 Å². The van der Waals surface area contributed by atoms with Crippen LogP contribution < -0.4 is 5.32 Å². The highest BCUT2D eigenvalue weighted by atomic mass is 16.4. The average Bonchev–Trinajstić information content (AvgIpc) is 2.26. The SMILES string of the molecule is O=CCNC(=O)c1ccc(C(=O)O)cc1. The second-order valence-electron chi connectivity index (χ2n) is 2.76. The van der Waals surface area contributed by atoms with Gasteiger partial charge in [0.1, 0.15) is 6.29 Å². The molecule has 0 aliphatic heterocycles. The minimum atomic E-state index is -1.05. The summed E-state index contributed by atoms with van der Waals surface area (Å²) in [7, 11) is 0. The van der Waals surface area contributed by atoms with E-state index < -0.39 is 11.9 Å². The van der Waals surface area contributed by atoms with Gasteiger partial charge in [0.2, 0.25) is 0 Å². The lowest BCUT2D eigenvalue weighted by Gasteiger charge is -2.01. The van der Waals surface area contributed by atoms with Crippen LogP contribution in [-0.4, -0.2) is 29.8 Å². The molecule has 1 aromatic carbocycles. The first kappa shape index (κ1) is 10.9. The van der Waals surface area contributed by atoms with Crippen molar-refractivity contribution in [3.05, 3.63) is 35.4 Å². The summed E-state index contributed by atoms with van der Waals surface area (Å²) in [5, 5.41) is 11.0. The normalized spacial score (nSPS) is 9.33. The van der Waals surface area contributed by atoms with Crippen molar-refractivity contribution in [2.75, 3.05) is 6.54 Å². The summed E-state index contributed by atoms with van der Waals surface area (Å²) in [6.07, 6.45) is 0.573. The van der Waals surface area contributed by atoms with Gasteiger partial charge in [-0.2, -0.15) is 0 Å². The maximum atomic E-state index is 11.3. The highest BCUT2D eigenvalue weighted by Gasteiger charge is 2.06. The molecule has 5 heteroatoms. The minimum absolute atomic E-state index is 0.0560. The molecule has 2 N–H and O–H groups in total. The number of carbonyl (C=O) groups excluding carboxylic acids is 2. The lowest BCUT2D eigenvalue weighted by molar-refractivity contribution is -0.107. The maximum absolute atomic E-state index is 11.3. The molecule has 15 heavy (non-hydrogen) atoms. The van der Waals surface area contributed by atoms with E-state index in [0.29, 0.717) is 11.8 Å². The molecular formula is C10H9NO4. The van der Waals surface area contributed by atoms with Gasteiger partial charge in [0, 0.05) is 5.56 Å². The van der Waals surface area contributed by atoms with Gasteiger partial charge in [-0.1, -0.05) is 0 Å². The first-order chi connectivity index (χ1) is 7.15. The topological polar surface area (TPSA) is 83.5 Å². The van der Waals surface area contributed by atoms with Crippen molar-refractivity contribution in [2.45, 2.75) is 0 Å². The monoisotopic (exact) mass is 207 g/mol. The number of carboxylic acid groups (broad SMARTS) is 1. The number of aldehydes is 1. The fraction of sp³-hybridized carbons (Fsp3) is 0.100. The van der Waals surface area contributed by atoms with E-state index >= 15 is 0 Å². The Morgan fingerprint density at radius 1 is 1.20 bits per heavy atom. The van der Waals surface area contributed by atoms with Gasteiger partial charge in [0.15, 0.2) is 0 Å². The summed E-state index contributed by atoms with van der Waals surface area (Å²) in [6, 6.07) is 5.45. The van der Waals surface area contributed by atoms with E-state index in [1.165, 1.54) is 24.3 Å². The molecule has 0 aromatic heterocycles. The number of nitrogens with one attached hydrogen (secondary N) is 1. The van der Waals surface area contributed by atoms with Crippen LogP contribution >= 0.6 is 0 Å². The van der Waals surface area contributed by atoms with E-state index in [0.717, 1.165) is 0 Å². The molecule has 0 bridgehead atoms. The number of carbonyl (C=O) groups is 3. The Morgan fingerprint density at radius 2 is 1.73 bits per heavy atom. The molecule has 0 radical (unpaired) electrons. The van der Waals surface area contributed by atoms with Crippen LogP contribution in [0.3, 0.4) is 0 Å². The Bertz CT molecular complexity index is 383. The third kappa shape index (κ3) is 2.91. The van der Waals surface area contributed by atoms with E-state index in [2.05, 4.69) is 5.32 Å². The average molecular weight is 207 g/mol. The van der Waals surface area contributed by atoms with Crippen LogP contribution in [0, 0.1) is 0 Å². The Labute approximate surface area is 85.7 Å². The lowest BCUT2D eigenvalue weighted by atomic mass is 10.1. The summed E-state index contributed by atoms with van der Waals surface area (Å²) in [6.45, 7) is -0.0560. The van der Waals surface area contributed by atoms with Crippen LogP contribution in [0.15, 0.2) is 24.3 Å². The summed E-state index contributed by atoms with van der Waals surface area (Å²) in [5.74, 6) is -1.45. The van der Waals surface area contributed by atoms with Gasteiger partial charge < -0.3 is 15.2 Å². The quantitative estimate of drug-likeness (QED) is 0.696. The van der Waals surface area contributed by atoms with Crippen LogP contribution in [0.2, 0.25) is 0 Å². The Hall–Kier alpha value is -2.17. The molecule has 0 fully saturated rings. The zero-order chi connectivity index (χ0) is 11.3. The van der Waals surface area contributed by atoms with Crippen molar-refractivity contribution in [2.24, 2.45) is 0 Å². The molecule has 1 aromatic rings. The zero-order valence-corrected chi connectivity index (χ0v) is 7.77. The zero-order valence-electron chi connectivity index (χ0n) is 7.77. The van der Waals surface area contributed by atoms with Crippen LogP contribution in [-0.2, 0) is 4.79 Å². The molecule has 78 valence electrons. The summed E-state index contributed by atoms with van der Waals surface area (Å²) < 4.78 is 0. The smallest absolute Gasteiger partial charge is 0.335 e. The van der Waals surface area contributed by atoms with Crippen molar-refractivity contribution in [1.82, 2.24) is 5.32 Å². The molecular weight excluding hydrogens is 198 g/mol. The van der Waals surface area contributed by atoms with E-state index in [1.54, 1.807) is 0 Å². The summed E-state index contributed by atoms with van der Waals surface area (Å²) in [5.41, 5.74) is 0.434. The molecule has 0 aliphatic rings. The molecule has 0 aliphatic carbocycles. The number of benzene rings is 1. The predicted octanol–water partition coefficient (Wildman–Crippen LogP) is 0.313. The van der Waals surface area contributed by atoms with E-state index in [1.807, 2.05) is 0 Å². The maximum Gasteiger partial charge on any atom is 0.335 e. The number of carboxylic acids is 1. The highest BCUT2D eigenvalue weighted by Crippen LogP contribution is 2.04. The first-order valence-electron chi connectivity index (χ1n) is 4.20. The largest absolute Gasteiger partial charge is 0.478 e. The van der Waals surface area contributed by atoms with Gasteiger partial charge in [-0.25, -0.2) is 4.79 Å². The van der Waals surface area contributed by atoms with Crippen LogP contribution in [0.4, 0.5) is 0 Å². The fourth-order valence-electron chi connectivity index (χ4n) is 1.00. The van der Waals surface area contributed by atoms with Gasteiger partial charge in [0.25, 0.3) is 5.91 Å². The molecule has 0 saturated heterocycles. The summed E-state index contributed by atoms with van der Waals surface area (Å²) in [4.78, 5) is 31.8. The standard InChI is InChI=1S/C10H9NO4/c12-6-5-11-9(13)7-1-3-8(4-2-7)10(14)15/h1-4,6H,5H2,(H,11,13)(H,14,15). The second kappa shape index (κ2) is 4.90. The molecule has 0 spiro atoms. The number of rotatable bonds is 4. The van der Waals surface area contributed by atoms with Gasteiger partial charge in [-0.15, -0.1) is 0 Å². The van der Waals surface area contributed by atoms with Crippen molar-refractivity contribution < 1.29 is 19.5 Å². The van der Waals surface area contributed by atoms with E-state index in [-0.39, 0.29) is 12.1 Å². The van der Waals surface area contributed by atoms with Gasteiger partial charge in [-0.05, 0) is 24.3 Å². The number of aromatic carboxylic acids is 1. The fourth-order valence-corrected chi connectivity index (χ4v) is 1.00. The molecule has 0 heterocycles. The summed E-state index contributed by atoms with van der Waals surface area (Å²) >= 11 is 0. The van der Waals surface area contributed by atoms with Crippen molar-refractivity contribution in [1.29, 1.82) is 0 Å². The molecule has 0 unspecified atom stereocenters. The van der Waals surface area contributed by atoms with Gasteiger partial charge in [-0.3, -0.25) is 4.79 Å². The van der Waals surface area contributed by atoms with E-state index in [9.17, 15) is 14.4 Å². The molecule has 1 amide bonds. The van der Waals surface area contributed by atoms with Crippen molar-refractivity contribution >= 4 is 18.2 Å². The van der Waals surface area contributed by atoms with Crippen LogP contribution in [0.5, 0.6) is 0 Å². The molecule has 0 atom stereocenters. The Kier molecular flexibility index (Phi) is 3.56. The third-order valence-corrected chi connectivity index (χ3v) is 1.74. The second-order valence-corrected chi connectivity index (χ2v) is 2.76. The lowest BCUT2D eigenvalue weighted by Crippen LogP contribution is -2.25. The van der Waals surface area contributed by atoms with Crippen molar-refractivity contribution in [3.63, 3.8) is 0 Å². The van der Waals surface area contributed by atoms with Crippen LogP contribution in [0.1, 0.15) is 20.7 Å².